The van der Waals surface area contributed by atoms with E-state index in [2.05, 4.69) is 5.32 Å². The Labute approximate surface area is 100 Å². The first kappa shape index (κ1) is 13.4. The third kappa shape index (κ3) is 4.08. The van der Waals surface area contributed by atoms with Gasteiger partial charge in [-0.2, -0.15) is 0 Å². The fourth-order valence-corrected chi connectivity index (χ4v) is 1.69. The molecule has 0 heterocycles. The van der Waals surface area contributed by atoms with E-state index in [1.807, 2.05) is 6.92 Å². The lowest BCUT2D eigenvalue weighted by Gasteiger charge is -2.11. The van der Waals surface area contributed by atoms with Crippen molar-refractivity contribution < 1.29 is 9.50 Å². The lowest BCUT2D eigenvalue weighted by atomic mass is 10.2. The van der Waals surface area contributed by atoms with Crippen molar-refractivity contribution in [3.8, 4) is 0 Å². The highest BCUT2D eigenvalue weighted by molar-refractivity contribution is 6.31. The van der Waals surface area contributed by atoms with Gasteiger partial charge in [0.2, 0.25) is 0 Å². The second-order valence-corrected chi connectivity index (χ2v) is 4.16. The van der Waals surface area contributed by atoms with Gasteiger partial charge in [0.15, 0.2) is 0 Å². The van der Waals surface area contributed by atoms with Gasteiger partial charge in [-0.25, -0.2) is 4.39 Å². The van der Waals surface area contributed by atoms with Gasteiger partial charge in [0.25, 0.3) is 0 Å². The van der Waals surface area contributed by atoms with Crippen LogP contribution in [-0.2, 0) is 6.54 Å². The van der Waals surface area contributed by atoms with Crippen LogP contribution < -0.4 is 5.32 Å². The summed E-state index contributed by atoms with van der Waals surface area (Å²) in [6.45, 7) is 2.99. The van der Waals surface area contributed by atoms with Crippen LogP contribution in [0.3, 0.4) is 0 Å². The summed E-state index contributed by atoms with van der Waals surface area (Å²) in [5.41, 5.74) is 0.713. The highest BCUT2D eigenvalue weighted by Crippen LogP contribution is 2.19. The number of aliphatic hydroxyl groups excluding tert-OH is 1. The first-order valence-electron chi connectivity index (χ1n) is 5.46. The molecule has 0 saturated carbocycles. The van der Waals surface area contributed by atoms with Crippen LogP contribution in [0.25, 0.3) is 0 Å². The van der Waals surface area contributed by atoms with E-state index >= 15 is 0 Å². The Hall–Kier alpha value is -0.640. The molecule has 0 saturated heterocycles. The molecule has 4 heteroatoms. The lowest BCUT2D eigenvalue weighted by Crippen LogP contribution is -2.26. The third-order valence-corrected chi connectivity index (χ3v) is 2.77. The van der Waals surface area contributed by atoms with Gasteiger partial charge in [0.1, 0.15) is 5.82 Å². The normalized spacial score (nSPS) is 12.8. The molecule has 0 aliphatic rings. The summed E-state index contributed by atoms with van der Waals surface area (Å²) in [6, 6.07) is 4.73. The van der Waals surface area contributed by atoms with Crippen LogP contribution in [0.5, 0.6) is 0 Å². The van der Waals surface area contributed by atoms with Crippen LogP contribution in [-0.4, -0.2) is 17.8 Å². The Morgan fingerprint density at radius 2 is 2.25 bits per heavy atom. The zero-order chi connectivity index (χ0) is 12.0. The molecule has 90 valence electrons. The van der Waals surface area contributed by atoms with E-state index < -0.39 is 5.82 Å². The average Bonchev–Trinajstić information content (AvgIpc) is 2.25. The van der Waals surface area contributed by atoms with Crippen molar-refractivity contribution >= 4 is 11.6 Å². The van der Waals surface area contributed by atoms with Crippen molar-refractivity contribution in [2.24, 2.45) is 0 Å². The molecule has 1 aromatic carbocycles. The molecule has 0 amide bonds. The molecule has 16 heavy (non-hydrogen) atoms. The molecule has 0 spiro atoms. The van der Waals surface area contributed by atoms with Crippen LogP contribution in [0.2, 0.25) is 5.02 Å². The molecule has 0 fully saturated rings. The van der Waals surface area contributed by atoms with Crippen LogP contribution in [0.4, 0.5) is 4.39 Å². The Balaban J connectivity index is 2.40. The van der Waals surface area contributed by atoms with Crippen molar-refractivity contribution in [2.45, 2.75) is 32.4 Å². The fraction of sp³-hybridized carbons (Fsp3) is 0.500. The quantitative estimate of drug-likeness (QED) is 0.808. The molecule has 0 aromatic heterocycles. The van der Waals surface area contributed by atoms with Crippen molar-refractivity contribution in [3.63, 3.8) is 0 Å². The van der Waals surface area contributed by atoms with E-state index in [4.69, 9.17) is 11.6 Å². The van der Waals surface area contributed by atoms with Crippen LogP contribution in [0, 0.1) is 5.82 Å². The van der Waals surface area contributed by atoms with Crippen LogP contribution in [0.15, 0.2) is 18.2 Å². The third-order valence-electron chi connectivity index (χ3n) is 2.35. The molecule has 2 nitrogen and oxygen atoms in total. The predicted octanol–water partition coefficient (Wildman–Crippen LogP) is 2.73. The van der Waals surface area contributed by atoms with Gasteiger partial charge >= 0.3 is 0 Å². The smallest absolute Gasteiger partial charge is 0.142 e. The number of hydrogen-bond donors (Lipinski definition) is 2. The first-order chi connectivity index (χ1) is 7.65. The maximum Gasteiger partial charge on any atom is 0.142 e. The van der Waals surface area contributed by atoms with Gasteiger partial charge in [0, 0.05) is 13.1 Å². The second-order valence-electron chi connectivity index (χ2n) is 3.79. The topological polar surface area (TPSA) is 32.3 Å². The molecule has 0 radical (unpaired) electrons. The molecule has 2 N–H and O–H groups in total. The molecule has 1 unspecified atom stereocenters. The highest BCUT2D eigenvalue weighted by atomic mass is 35.5. The molecule has 0 aliphatic heterocycles. The maximum atomic E-state index is 13.1. The highest BCUT2D eigenvalue weighted by Gasteiger charge is 2.06. The number of halogens is 2. The molecule has 1 rings (SSSR count). The Morgan fingerprint density at radius 1 is 1.50 bits per heavy atom. The minimum Gasteiger partial charge on any atom is -0.392 e. The SMILES string of the molecule is CCCC(O)CNCc1cccc(F)c1Cl. The van der Waals surface area contributed by atoms with Crippen molar-refractivity contribution in [2.75, 3.05) is 6.54 Å². The number of aliphatic hydroxyl groups is 1. The Kier molecular flexibility index (Phi) is 5.74. The van der Waals surface area contributed by atoms with Crippen molar-refractivity contribution in [1.29, 1.82) is 0 Å². The summed E-state index contributed by atoms with van der Waals surface area (Å²) < 4.78 is 13.1. The van der Waals surface area contributed by atoms with E-state index in [9.17, 15) is 9.50 Å². The van der Waals surface area contributed by atoms with Crippen LogP contribution in [0.1, 0.15) is 25.3 Å². The molecular weight excluding hydrogens is 229 g/mol. The second kappa shape index (κ2) is 6.84. The first-order valence-corrected chi connectivity index (χ1v) is 5.84. The average molecular weight is 246 g/mol. The zero-order valence-corrected chi connectivity index (χ0v) is 10.1. The minimum atomic E-state index is -0.407. The lowest BCUT2D eigenvalue weighted by molar-refractivity contribution is 0.160. The van der Waals surface area contributed by atoms with E-state index in [0.717, 1.165) is 12.8 Å². The number of hydrogen-bond acceptors (Lipinski definition) is 2. The fourth-order valence-electron chi connectivity index (χ4n) is 1.49. The van der Waals surface area contributed by atoms with E-state index in [1.54, 1.807) is 12.1 Å². The number of rotatable bonds is 6. The number of benzene rings is 1. The Morgan fingerprint density at radius 3 is 2.94 bits per heavy atom. The van der Waals surface area contributed by atoms with Crippen LogP contribution >= 0.6 is 11.6 Å². The molecular formula is C12H17ClFNO. The summed E-state index contributed by atoms with van der Waals surface area (Å²) in [6.07, 6.45) is 1.37. The molecule has 0 aliphatic carbocycles. The van der Waals surface area contributed by atoms with Crippen molar-refractivity contribution in [3.05, 3.63) is 34.6 Å². The zero-order valence-electron chi connectivity index (χ0n) is 9.34. The van der Waals surface area contributed by atoms with Gasteiger partial charge < -0.3 is 10.4 Å². The summed E-state index contributed by atoms with van der Waals surface area (Å²) in [4.78, 5) is 0. The minimum absolute atomic E-state index is 0.153. The van der Waals surface area contributed by atoms with Gasteiger partial charge in [-0.15, -0.1) is 0 Å². The summed E-state index contributed by atoms with van der Waals surface area (Å²) in [7, 11) is 0. The van der Waals surface area contributed by atoms with E-state index in [0.29, 0.717) is 18.7 Å². The summed E-state index contributed by atoms with van der Waals surface area (Å²) >= 11 is 5.79. The molecule has 1 aromatic rings. The molecule has 1 atom stereocenters. The number of nitrogens with one attached hydrogen (secondary N) is 1. The summed E-state index contributed by atoms with van der Waals surface area (Å²) in [5, 5.41) is 12.7. The van der Waals surface area contributed by atoms with Gasteiger partial charge in [0.05, 0.1) is 11.1 Å². The maximum absolute atomic E-state index is 13.1. The van der Waals surface area contributed by atoms with Gasteiger partial charge in [-0.1, -0.05) is 37.1 Å². The van der Waals surface area contributed by atoms with E-state index in [1.165, 1.54) is 6.07 Å². The monoisotopic (exact) mass is 245 g/mol. The molecule has 0 bridgehead atoms. The summed E-state index contributed by atoms with van der Waals surface area (Å²) in [5.74, 6) is -0.407. The predicted molar refractivity (Wildman–Crippen MR) is 64.0 cm³/mol. The van der Waals surface area contributed by atoms with Gasteiger partial charge in [-0.05, 0) is 18.1 Å². The van der Waals surface area contributed by atoms with Gasteiger partial charge in [-0.3, -0.25) is 0 Å². The van der Waals surface area contributed by atoms with Crippen molar-refractivity contribution in [1.82, 2.24) is 5.32 Å². The van der Waals surface area contributed by atoms with E-state index in [-0.39, 0.29) is 11.1 Å². The largest absolute Gasteiger partial charge is 0.392 e. The standard InChI is InChI=1S/C12H17ClFNO/c1-2-4-10(16)8-15-7-9-5-3-6-11(14)12(9)13/h3,5-6,10,15-16H,2,4,7-8H2,1H3. The Bertz CT molecular complexity index is 333.